The number of nitrogens with zero attached hydrogens (tertiary/aromatic N) is 2. The lowest BCUT2D eigenvalue weighted by Crippen LogP contribution is -2.30. The van der Waals surface area contributed by atoms with Crippen molar-refractivity contribution in [3.8, 4) is 11.5 Å². The average molecular weight is 353 g/mol. The minimum absolute atomic E-state index is 0.128. The van der Waals surface area contributed by atoms with Crippen molar-refractivity contribution >= 4 is 16.7 Å². The molecule has 7 heteroatoms. The Bertz CT molecular complexity index is 997. The maximum Gasteiger partial charge on any atom is 0.274 e. The van der Waals surface area contributed by atoms with Crippen molar-refractivity contribution < 1.29 is 14.3 Å². The molecule has 3 rings (SSSR count). The highest BCUT2D eigenvalue weighted by molar-refractivity contribution is 5.84. The van der Waals surface area contributed by atoms with Gasteiger partial charge in [0, 0.05) is 18.5 Å². The van der Waals surface area contributed by atoms with E-state index in [9.17, 15) is 9.59 Å². The second-order valence-corrected chi connectivity index (χ2v) is 5.67. The summed E-state index contributed by atoms with van der Waals surface area (Å²) in [5, 5.41) is 8.31. The third kappa shape index (κ3) is 3.83. The number of benzene rings is 2. The molecule has 0 radical (unpaired) electrons. The molecule has 0 saturated heterocycles. The molecule has 2 aromatic carbocycles. The predicted octanol–water partition coefficient (Wildman–Crippen LogP) is 1.64. The molecule has 0 bridgehead atoms. The van der Waals surface area contributed by atoms with Gasteiger partial charge in [0.2, 0.25) is 0 Å². The molecule has 0 atom stereocenters. The second kappa shape index (κ2) is 7.69. The Hall–Kier alpha value is -3.35. The molecule has 0 aliphatic heterocycles. The number of carbonyl (C=O) groups is 1. The lowest BCUT2D eigenvalue weighted by molar-refractivity contribution is -0.123. The number of hydrogen-bond donors (Lipinski definition) is 1. The van der Waals surface area contributed by atoms with E-state index in [-0.39, 0.29) is 24.6 Å². The standard InChI is InChI=1S/C19H19N3O4/c1-22-19(24)16-9-4-3-8-15(16)17(21-22)11-20-18(23)12-26-14-7-5-6-13(10-14)25-2/h3-10H,11-12H2,1-2H3,(H,20,23). The van der Waals surface area contributed by atoms with Crippen LogP contribution in [0.5, 0.6) is 11.5 Å². The van der Waals surface area contributed by atoms with Crippen molar-refractivity contribution in [3.05, 3.63) is 64.6 Å². The Morgan fingerprint density at radius 1 is 1.12 bits per heavy atom. The number of rotatable bonds is 6. The zero-order chi connectivity index (χ0) is 18.5. The Labute approximate surface area is 150 Å². The number of methoxy groups -OCH3 is 1. The van der Waals surface area contributed by atoms with E-state index in [2.05, 4.69) is 10.4 Å². The van der Waals surface area contributed by atoms with Crippen molar-refractivity contribution in [2.75, 3.05) is 13.7 Å². The summed E-state index contributed by atoms with van der Waals surface area (Å²) in [4.78, 5) is 24.2. The van der Waals surface area contributed by atoms with Crippen LogP contribution in [0.15, 0.2) is 53.3 Å². The molecule has 1 N–H and O–H groups in total. The van der Waals surface area contributed by atoms with E-state index in [1.165, 1.54) is 4.68 Å². The van der Waals surface area contributed by atoms with Gasteiger partial charge in [0.15, 0.2) is 6.61 Å². The number of aryl methyl sites for hydroxylation is 1. The van der Waals surface area contributed by atoms with Crippen molar-refractivity contribution in [1.29, 1.82) is 0 Å². The maximum absolute atomic E-state index is 12.1. The van der Waals surface area contributed by atoms with Crippen molar-refractivity contribution in [2.24, 2.45) is 7.05 Å². The first-order valence-electron chi connectivity index (χ1n) is 8.07. The van der Waals surface area contributed by atoms with Gasteiger partial charge in [0.05, 0.1) is 24.7 Å². The Morgan fingerprint density at radius 3 is 2.62 bits per heavy atom. The number of carbonyl (C=O) groups excluding carboxylic acids is 1. The number of hydrogen-bond acceptors (Lipinski definition) is 5. The monoisotopic (exact) mass is 353 g/mol. The van der Waals surface area contributed by atoms with Crippen LogP contribution >= 0.6 is 0 Å². The fourth-order valence-corrected chi connectivity index (χ4v) is 2.58. The van der Waals surface area contributed by atoms with Gasteiger partial charge in [-0.2, -0.15) is 5.10 Å². The van der Waals surface area contributed by atoms with Gasteiger partial charge in [0.1, 0.15) is 11.5 Å². The van der Waals surface area contributed by atoms with Crippen LogP contribution in [0.4, 0.5) is 0 Å². The third-order valence-electron chi connectivity index (χ3n) is 3.90. The minimum Gasteiger partial charge on any atom is -0.497 e. The van der Waals surface area contributed by atoms with Crippen LogP contribution in [-0.4, -0.2) is 29.4 Å². The molecule has 3 aromatic rings. The molecule has 7 nitrogen and oxygen atoms in total. The van der Waals surface area contributed by atoms with Gasteiger partial charge in [-0.25, -0.2) is 4.68 Å². The van der Waals surface area contributed by atoms with Crippen molar-refractivity contribution in [3.63, 3.8) is 0 Å². The molecule has 134 valence electrons. The van der Waals surface area contributed by atoms with Gasteiger partial charge >= 0.3 is 0 Å². The highest BCUT2D eigenvalue weighted by Crippen LogP contribution is 2.18. The van der Waals surface area contributed by atoms with Crippen LogP contribution in [0.1, 0.15) is 5.69 Å². The smallest absolute Gasteiger partial charge is 0.274 e. The number of amides is 1. The summed E-state index contributed by atoms with van der Waals surface area (Å²) in [6.45, 7) is 0.0752. The van der Waals surface area contributed by atoms with Crippen LogP contribution in [0.2, 0.25) is 0 Å². The topological polar surface area (TPSA) is 82.4 Å². The van der Waals surface area contributed by atoms with Gasteiger partial charge in [-0.3, -0.25) is 9.59 Å². The number of aromatic nitrogens is 2. The predicted molar refractivity (Wildman–Crippen MR) is 97.3 cm³/mol. The van der Waals surface area contributed by atoms with E-state index in [4.69, 9.17) is 9.47 Å². The maximum atomic E-state index is 12.1. The Balaban J connectivity index is 1.65. The first kappa shape index (κ1) is 17.5. The molecular weight excluding hydrogens is 334 g/mol. The van der Waals surface area contributed by atoms with Gasteiger partial charge in [-0.1, -0.05) is 24.3 Å². The van der Waals surface area contributed by atoms with Gasteiger partial charge in [-0.15, -0.1) is 0 Å². The summed E-state index contributed by atoms with van der Waals surface area (Å²) < 4.78 is 11.8. The summed E-state index contributed by atoms with van der Waals surface area (Å²) in [6, 6.07) is 14.2. The molecule has 0 aliphatic carbocycles. The lowest BCUT2D eigenvalue weighted by Gasteiger charge is -2.10. The molecule has 0 unspecified atom stereocenters. The van der Waals surface area contributed by atoms with E-state index in [0.29, 0.717) is 22.6 Å². The number of nitrogens with one attached hydrogen (secondary N) is 1. The SMILES string of the molecule is COc1cccc(OCC(=O)NCc2nn(C)c(=O)c3ccccc23)c1. The highest BCUT2D eigenvalue weighted by atomic mass is 16.5. The van der Waals surface area contributed by atoms with Crippen LogP contribution in [-0.2, 0) is 18.4 Å². The summed E-state index contributed by atoms with van der Waals surface area (Å²) >= 11 is 0. The summed E-state index contributed by atoms with van der Waals surface area (Å²) in [7, 11) is 3.16. The van der Waals surface area contributed by atoms with E-state index < -0.39 is 0 Å². The van der Waals surface area contributed by atoms with Crippen molar-refractivity contribution in [1.82, 2.24) is 15.1 Å². The first-order valence-corrected chi connectivity index (χ1v) is 8.07. The fourth-order valence-electron chi connectivity index (χ4n) is 2.58. The van der Waals surface area contributed by atoms with E-state index in [1.807, 2.05) is 12.1 Å². The largest absolute Gasteiger partial charge is 0.497 e. The van der Waals surface area contributed by atoms with Crippen LogP contribution < -0.4 is 20.3 Å². The Kier molecular flexibility index (Phi) is 5.17. The normalized spacial score (nSPS) is 10.5. The minimum atomic E-state index is -0.285. The summed E-state index contributed by atoms with van der Waals surface area (Å²) in [5.41, 5.74) is 0.453. The number of ether oxygens (including phenoxy) is 2. The molecular formula is C19H19N3O4. The van der Waals surface area contributed by atoms with Gasteiger partial charge in [-0.05, 0) is 18.2 Å². The van der Waals surface area contributed by atoms with Gasteiger partial charge in [0.25, 0.3) is 11.5 Å². The molecule has 1 aromatic heterocycles. The Morgan fingerprint density at radius 2 is 1.85 bits per heavy atom. The third-order valence-corrected chi connectivity index (χ3v) is 3.90. The average Bonchev–Trinajstić information content (AvgIpc) is 2.68. The zero-order valence-electron chi connectivity index (χ0n) is 14.6. The number of fused-ring (bicyclic) bond motifs is 1. The van der Waals surface area contributed by atoms with E-state index in [1.54, 1.807) is 50.6 Å². The zero-order valence-corrected chi connectivity index (χ0v) is 14.6. The van der Waals surface area contributed by atoms with Crippen LogP contribution in [0.25, 0.3) is 10.8 Å². The van der Waals surface area contributed by atoms with E-state index in [0.717, 1.165) is 5.39 Å². The van der Waals surface area contributed by atoms with Crippen molar-refractivity contribution in [2.45, 2.75) is 6.54 Å². The fraction of sp³-hybridized carbons (Fsp3) is 0.211. The molecule has 0 spiro atoms. The molecule has 26 heavy (non-hydrogen) atoms. The second-order valence-electron chi connectivity index (χ2n) is 5.67. The molecule has 0 fully saturated rings. The quantitative estimate of drug-likeness (QED) is 0.728. The van der Waals surface area contributed by atoms with Crippen LogP contribution in [0.3, 0.4) is 0 Å². The molecule has 0 aliphatic rings. The first-order chi connectivity index (χ1) is 12.6. The molecule has 1 amide bonds. The van der Waals surface area contributed by atoms with Gasteiger partial charge < -0.3 is 14.8 Å². The highest BCUT2D eigenvalue weighted by Gasteiger charge is 2.10. The summed E-state index contributed by atoms with van der Waals surface area (Å²) in [6.07, 6.45) is 0. The molecule has 0 saturated carbocycles. The summed E-state index contributed by atoms with van der Waals surface area (Å²) in [5.74, 6) is 0.918. The lowest BCUT2D eigenvalue weighted by atomic mass is 10.1. The van der Waals surface area contributed by atoms with E-state index >= 15 is 0 Å². The molecule has 1 heterocycles. The van der Waals surface area contributed by atoms with Crippen LogP contribution in [0, 0.1) is 0 Å².